The van der Waals surface area contributed by atoms with Gasteiger partial charge in [0.25, 0.3) is 0 Å². The largest absolute Gasteiger partial charge is 0.238 e. The van der Waals surface area contributed by atoms with Crippen molar-refractivity contribution in [1.82, 2.24) is 0 Å². The average molecular weight is 252 g/mol. The van der Waals surface area contributed by atoms with Gasteiger partial charge in [-0.25, -0.2) is 4.85 Å². The van der Waals surface area contributed by atoms with Crippen molar-refractivity contribution >= 4 is 5.69 Å². The molecule has 0 saturated heterocycles. The third-order valence-electron chi connectivity index (χ3n) is 3.56. The van der Waals surface area contributed by atoms with Crippen molar-refractivity contribution in [1.29, 1.82) is 0 Å². The van der Waals surface area contributed by atoms with E-state index in [1.54, 1.807) is 0 Å². The number of hydrogen-bond donors (Lipinski definition) is 0. The summed E-state index contributed by atoms with van der Waals surface area (Å²) in [6.45, 7) is 11.5. The van der Waals surface area contributed by atoms with Crippen molar-refractivity contribution in [2.24, 2.45) is 5.92 Å². The fraction of sp³-hybridized carbons (Fsp3) is 0.278. The fourth-order valence-electron chi connectivity index (χ4n) is 2.11. The van der Waals surface area contributed by atoms with Gasteiger partial charge >= 0.3 is 0 Å². The molecule has 1 unspecified atom stereocenters. The number of benzene rings is 2. The first kappa shape index (κ1) is 13.4. The predicted molar refractivity (Wildman–Crippen MR) is 83.4 cm³/mol. The van der Waals surface area contributed by atoms with E-state index in [2.05, 4.69) is 43.0 Å². The summed E-state index contributed by atoms with van der Waals surface area (Å²) in [5, 5.41) is 0. The van der Waals surface area contributed by atoms with Crippen LogP contribution >= 0.6 is 0 Å². The summed E-state index contributed by atoms with van der Waals surface area (Å²) in [5.41, 5.74) is 4.47. The maximum absolute atomic E-state index is 6.96. The normalized spacial score (nSPS) is 11.8. The third kappa shape index (κ3) is 3.45. The zero-order chi connectivity index (χ0) is 13.7. The molecule has 0 aliphatic heterocycles. The fourth-order valence-corrected chi connectivity index (χ4v) is 2.11. The van der Waals surface area contributed by atoms with Crippen LogP contribution in [-0.2, 0) is 6.42 Å². The van der Waals surface area contributed by atoms with Gasteiger partial charge in [-0.1, -0.05) is 68.8 Å². The molecule has 0 radical (unpaired) electrons. The van der Waals surface area contributed by atoms with Gasteiger partial charge in [-0.15, -0.1) is 0 Å². The van der Waals surface area contributed by atoms with Crippen molar-refractivity contribution in [3.8, 4) is 11.1 Å². The van der Waals surface area contributed by atoms with Gasteiger partial charge in [-0.05, 0) is 29.0 Å². The summed E-state index contributed by atoms with van der Waals surface area (Å²) in [6, 6.07) is 16.5. The van der Waals surface area contributed by atoms with Crippen LogP contribution in [0.1, 0.15) is 27.3 Å². The summed E-state index contributed by atoms with van der Waals surface area (Å²) >= 11 is 0. The van der Waals surface area contributed by atoms with Crippen LogP contribution in [0.4, 0.5) is 5.69 Å². The Morgan fingerprint density at radius 3 is 2.00 bits per heavy atom. The van der Waals surface area contributed by atoms with Crippen LogP contribution in [0.5, 0.6) is 0 Å². The van der Waals surface area contributed by atoms with Crippen molar-refractivity contribution < 1.29 is 1.43 Å². The zero-order valence-corrected chi connectivity index (χ0v) is 11.6. The second kappa shape index (κ2) is 6.20. The molecule has 0 spiro atoms. The van der Waals surface area contributed by atoms with Gasteiger partial charge in [-0.3, -0.25) is 0 Å². The summed E-state index contributed by atoms with van der Waals surface area (Å²) in [4.78, 5) is 3.41. The van der Waals surface area contributed by atoms with Gasteiger partial charge in [0.05, 0.1) is 6.57 Å². The van der Waals surface area contributed by atoms with Crippen molar-refractivity contribution in [3.63, 3.8) is 0 Å². The van der Waals surface area contributed by atoms with Crippen LogP contribution in [0.3, 0.4) is 0 Å². The van der Waals surface area contributed by atoms with E-state index in [-0.39, 0.29) is 1.43 Å². The molecule has 0 heterocycles. The minimum atomic E-state index is 0. The SMILES string of the molecule is [2HH].[C-]#[N+]c1ccc(-c2ccc(CC(C)CC)cc2)cc1. The van der Waals surface area contributed by atoms with E-state index in [1.165, 1.54) is 23.1 Å². The highest BCUT2D eigenvalue weighted by molar-refractivity contribution is 5.66. The minimum absolute atomic E-state index is 0. The van der Waals surface area contributed by atoms with E-state index >= 15 is 0 Å². The van der Waals surface area contributed by atoms with Gasteiger partial charge in [-0.2, -0.15) is 0 Å². The Balaban J connectivity index is 0.00000200. The lowest BCUT2D eigenvalue weighted by molar-refractivity contribution is 0.560. The van der Waals surface area contributed by atoms with Crippen LogP contribution < -0.4 is 0 Å². The lowest BCUT2D eigenvalue weighted by Crippen LogP contribution is -1.97. The molecular formula is C18H21N. The highest BCUT2D eigenvalue weighted by atomic mass is 14.6. The van der Waals surface area contributed by atoms with Crippen LogP contribution in [-0.4, -0.2) is 0 Å². The molecule has 0 aliphatic rings. The van der Waals surface area contributed by atoms with Crippen LogP contribution in [0.2, 0.25) is 0 Å². The predicted octanol–water partition coefficient (Wildman–Crippen LogP) is 5.74. The van der Waals surface area contributed by atoms with Crippen molar-refractivity contribution in [2.75, 3.05) is 0 Å². The monoisotopic (exact) mass is 252 g/mol. The molecule has 0 aromatic heterocycles. The van der Waals surface area contributed by atoms with Gasteiger partial charge in [0.2, 0.25) is 0 Å². The summed E-state index contributed by atoms with van der Waals surface area (Å²) < 4.78 is 0. The van der Waals surface area contributed by atoms with E-state index in [1.807, 2.05) is 24.3 Å². The van der Waals surface area contributed by atoms with E-state index in [4.69, 9.17) is 6.57 Å². The Morgan fingerprint density at radius 2 is 1.53 bits per heavy atom. The molecule has 0 N–H and O–H groups in total. The average Bonchev–Trinajstić information content (AvgIpc) is 2.48. The highest BCUT2D eigenvalue weighted by Crippen LogP contribution is 2.23. The Morgan fingerprint density at radius 1 is 1.00 bits per heavy atom. The van der Waals surface area contributed by atoms with Gasteiger partial charge in [0.15, 0.2) is 5.69 Å². The first-order chi connectivity index (χ1) is 9.22. The van der Waals surface area contributed by atoms with Crippen molar-refractivity contribution in [2.45, 2.75) is 26.7 Å². The lowest BCUT2D eigenvalue weighted by atomic mass is 9.97. The van der Waals surface area contributed by atoms with Crippen LogP contribution in [0.15, 0.2) is 48.5 Å². The second-order valence-corrected chi connectivity index (χ2v) is 5.07. The second-order valence-electron chi connectivity index (χ2n) is 5.07. The molecule has 0 amide bonds. The van der Waals surface area contributed by atoms with E-state index < -0.39 is 0 Å². The molecule has 0 saturated carbocycles. The Labute approximate surface area is 117 Å². The summed E-state index contributed by atoms with van der Waals surface area (Å²) in [6.07, 6.45) is 2.37. The number of rotatable bonds is 4. The molecule has 1 heteroatoms. The molecule has 19 heavy (non-hydrogen) atoms. The van der Waals surface area contributed by atoms with Crippen molar-refractivity contribution in [3.05, 3.63) is 65.5 Å². The summed E-state index contributed by atoms with van der Waals surface area (Å²) in [7, 11) is 0. The molecular weight excluding hydrogens is 230 g/mol. The molecule has 0 fully saturated rings. The molecule has 2 rings (SSSR count). The van der Waals surface area contributed by atoms with E-state index in [0.29, 0.717) is 5.69 Å². The number of hydrogen-bond acceptors (Lipinski definition) is 0. The third-order valence-corrected chi connectivity index (χ3v) is 3.56. The quantitative estimate of drug-likeness (QED) is 0.611. The first-order valence-electron chi connectivity index (χ1n) is 6.79. The smallest absolute Gasteiger partial charge is 0.187 e. The summed E-state index contributed by atoms with van der Waals surface area (Å²) in [5.74, 6) is 0.740. The maximum Gasteiger partial charge on any atom is 0.187 e. The molecule has 0 bridgehead atoms. The highest BCUT2D eigenvalue weighted by Gasteiger charge is 2.02. The molecule has 98 valence electrons. The Kier molecular flexibility index (Phi) is 4.36. The molecule has 2 aromatic carbocycles. The standard InChI is InChI=1S/C18H19N.H2/c1-4-14(2)13-15-5-7-16(8-6-15)17-9-11-18(19-3)12-10-17;/h5-12,14H,4,13H2,1-2H3;1H/i;1+1. The van der Waals surface area contributed by atoms with Crippen LogP contribution in [0.25, 0.3) is 16.0 Å². The van der Waals surface area contributed by atoms with Crippen LogP contribution in [0, 0.1) is 12.5 Å². The molecule has 0 aliphatic carbocycles. The maximum atomic E-state index is 6.96. The Bertz CT molecular complexity index is 564. The molecule has 1 nitrogen and oxygen atoms in total. The van der Waals surface area contributed by atoms with Gasteiger partial charge < -0.3 is 0 Å². The first-order valence-corrected chi connectivity index (χ1v) is 6.79. The molecule has 1 atom stereocenters. The Hall–Kier alpha value is -2.07. The van der Waals surface area contributed by atoms with Gasteiger partial charge in [0, 0.05) is 1.43 Å². The minimum Gasteiger partial charge on any atom is -0.238 e. The zero-order valence-electron chi connectivity index (χ0n) is 11.6. The van der Waals surface area contributed by atoms with E-state index in [9.17, 15) is 0 Å². The molecule has 2 aromatic rings. The van der Waals surface area contributed by atoms with E-state index in [0.717, 1.165) is 12.3 Å². The van der Waals surface area contributed by atoms with Gasteiger partial charge in [0.1, 0.15) is 0 Å². The number of nitrogens with zero attached hydrogens (tertiary/aromatic N) is 1. The topological polar surface area (TPSA) is 4.36 Å². The lowest BCUT2D eigenvalue weighted by Gasteiger charge is -2.09.